The highest BCUT2D eigenvalue weighted by molar-refractivity contribution is 5.61. The third kappa shape index (κ3) is 2.33. The lowest BCUT2D eigenvalue weighted by atomic mass is 10.1. The van der Waals surface area contributed by atoms with Gasteiger partial charge in [0.25, 0.3) is 5.95 Å². The van der Waals surface area contributed by atoms with Gasteiger partial charge in [0, 0.05) is 43.2 Å². The maximum atomic E-state index is 4.70. The van der Waals surface area contributed by atoms with E-state index in [-0.39, 0.29) is 0 Å². The van der Waals surface area contributed by atoms with Crippen LogP contribution in [0.4, 0.5) is 11.5 Å². The monoisotopic (exact) mass is 292 g/mol. The van der Waals surface area contributed by atoms with Gasteiger partial charge in [-0.3, -0.25) is 0 Å². The van der Waals surface area contributed by atoms with Crippen molar-refractivity contribution in [3.05, 3.63) is 60.0 Å². The molecule has 0 amide bonds. The number of fused-ring (bicyclic) bond motifs is 1. The number of para-hydroxylation sites is 1. The summed E-state index contributed by atoms with van der Waals surface area (Å²) in [4.78, 5) is 8.64. The second kappa shape index (κ2) is 5.57. The SMILES string of the molecule is c1ccc(Nc2nn(-c3ncccn3)c3c2CNCC3)cc1. The Labute approximate surface area is 128 Å². The molecule has 0 spiro atoms. The predicted molar refractivity (Wildman–Crippen MR) is 84.3 cm³/mol. The molecule has 22 heavy (non-hydrogen) atoms. The van der Waals surface area contributed by atoms with Crippen molar-refractivity contribution in [2.75, 3.05) is 11.9 Å². The molecule has 3 aromatic rings. The lowest BCUT2D eigenvalue weighted by molar-refractivity contribution is 0.617. The van der Waals surface area contributed by atoms with Crippen LogP contribution < -0.4 is 10.6 Å². The Balaban J connectivity index is 1.78. The number of rotatable bonds is 3. The van der Waals surface area contributed by atoms with Gasteiger partial charge in [-0.2, -0.15) is 0 Å². The Morgan fingerprint density at radius 1 is 1.05 bits per heavy atom. The van der Waals surface area contributed by atoms with E-state index in [9.17, 15) is 0 Å². The van der Waals surface area contributed by atoms with E-state index in [2.05, 4.69) is 20.6 Å². The number of hydrogen-bond donors (Lipinski definition) is 2. The van der Waals surface area contributed by atoms with Crippen LogP contribution in [0.2, 0.25) is 0 Å². The van der Waals surface area contributed by atoms with Crippen molar-refractivity contribution in [3.63, 3.8) is 0 Å². The first-order valence-corrected chi connectivity index (χ1v) is 7.33. The third-order valence-electron chi connectivity index (χ3n) is 3.71. The first-order valence-electron chi connectivity index (χ1n) is 7.33. The van der Waals surface area contributed by atoms with Crippen LogP contribution in [0.1, 0.15) is 11.3 Å². The molecule has 0 saturated carbocycles. The molecule has 3 heterocycles. The van der Waals surface area contributed by atoms with E-state index in [4.69, 9.17) is 5.10 Å². The maximum Gasteiger partial charge on any atom is 0.250 e. The van der Waals surface area contributed by atoms with E-state index in [1.165, 1.54) is 11.3 Å². The van der Waals surface area contributed by atoms with Crippen molar-refractivity contribution in [3.8, 4) is 5.95 Å². The second-order valence-corrected chi connectivity index (χ2v) is 5.15. The van der Waals surface area contributed by atoms with E-state index in [1.54, 1.807) is 12.4 Å². The van der Waals surface area contributed by atoms with Crippen LogP contribution in [0.15, 0.2) is 48.8 Å². The number of aromatic nitrogens is 4. The summed E-state index contributed by atoms with van der Waals surface area (Å²) in [7, 11) is 0. The highest BCUT2D eigenvalue weighted by atomic mass is 15.4. The Kier molecular flexibility index (Phi) is 3.29. The largest absolute Gasteiger partial charge is 0.338 e. The first kappa shape index (κ1) is 13.0. The van der Waals surface area contributed by atoms with Gasteiger partial charge < -0.3 is 10.6 Å². The van der Waals surface area contributed by atoms with Crippen LogP contribution in [0.25, 0.3) is 5.95 Å². The molecule has 1 aliphatic rings. The number of nitrogens with one attached hydrogen (secondary N) is 2. The van der Waals surface area contributed by atoms with Crippen molar-refractivity contribution < 1.29 is 0 Å². The van der Waals surface area contributed by atoms with Gasteiger partial charge in [0.05, 0.1) is 5.69 Å². The zero-order valence-corrected chi connectivity index (χ0v) is 12.0. The fourth-order valence-electron chi connectivity index (χ4n) is 2.67. The van der Waals surface area contributed by atoms with Crippen molar-refractivity contribution in [2.24, 2.45) is 0 Å². The standard InChI is InChI=1S/C16H16N6/c1-2-5-12(6-3-1)20-15-13-11-17-10-7-14(13)22(21-15)16-18-8-4-9-19-16/h1-6,8-9,17H,7,10-11H2,(H,20,21). The molecule has 0 fully saturated rings. The van der Waals surface area contributed by atoms with E-state index < -0.39 is 0 Å². The van der Waals surface area contributed by atoms with E-state index in [1.807, 2.05) is 41.1 Å². The summed E-state index contributed by atoms with van der Waals surface area (Å²) in [6.07, 6.45) is 4.39. The molecule has 0 bridgehead atoms. The third-order valence-corrected chi connectivity index (χ3v) is 3.71. The molecule has 0 saturated heterocycles. The molecule has 6 heteroatoms. The second-order valence-electron chi connectivity index (χ2n) is 5.15. The molecule has 0 atom stereocenters. The number of anilines is 2. The predicted octanol–water partition coefficient (Wildman–Crippen LogP) is 2.05. The number of hydrogen-bond acceptors (Lipinski definition) is 5. The van der Waals surface area contributed by atoms with Crippen molar-refractivity contribution in [1.82, 2.24) is 25.1 Å². The van der Waals surface area contributed by atoms with Crippen molar-refractivity contribution in [1.29, 1.82) is 0 Å². The topological polar surface area (TPSA) is 67.7 Å². The van der Waals surface area contributed by atoms with E-state index in [0.717, 1.165) is 31.0 Å². The van der Waals surface area contributed by atoms with E-state index >= 15 is 0 Å². The minimum absolute atomic E-state index is 0.613. The highest BCUT2D eigenvalue weighted by Gasteiger charge is 2.22. The van der Waals surface area contributed by atoms with Gasteiger partial charge in [0.2, 0.25) is 0 Å². The maximum absolute atomic E-state index is 4.70. The molecule has 0 unspecified atom stereocenters. The molecule has 110 valence electrons. The van der Waals surface area contributed by atoms with Crippen LogP contribution in [-0.2, 0) is 13.0 Å². The van der Waals surface area contributed by atoms with Gasteiger partial charge in [-0.15, -0.1) is 5.10 Å². The molecule has 0 radical (unpaired) electrons. The van der Waals surface area contributed by atoms with Gasteiger partial charge in [-0.05, 0) is 18.2 Å². The summed E-state index contributed by atoms with van der Waals surface area (Å²) in [6.45, 7) is 1.74. The molecule has 2 aromatic heterocycles. The molecule has 4 rings (SSSR count). The Hall–Kier alpha value is -2.73. The Bertz CT molecular complexity index is 766. The smallest absolute Gasteiger partial charge is 0.250 e. The first-order chi connectivity index (χ1) is 10.9. The Morgan fingerprint density at radius 2 is 1.86 bits per heavy atom. The van der Waals surface area contributed by atoms with Crippen LogP contribution in [0.3, 0.4) is 0 Å². The zero-order valence-electron chi connectivity index (χ0n) is 12.0. The van der Waals surface area contributed by atoms with Crippen LogP contribution >= 0.6 is 0 Å². The fraction of sp³-hybridized carbons (Fsp3) is 0.188. The van der Waals surface area contributed by atoms with Crippen molar-refractivity contribution >= 4 is 11.5 Å². The van der Waals surface area contributed by atoms with Gasteiger partial charge in [-0.1, -0.05) is 18.2 Å². The van der Waals surface area contributed by atoms with Gasteiger partial charge in [-0.25, -0.2) is 14.6 Å². The summed E-state index contributed by atoms with van der Waals surface area (Å²) in [5, 5.41) is 11.5. The summed E-state index contributed by atoms with van der Waals surface area (Å²) >= 11 is 0. The quantitative estimate of drug-likeness (QED) is 0.773. The summed E-state index contributed by atoms with van der Waals surface area (Å²) in [5.74, 6) is 1.47. The molecular formula is C16H16N6. The molecule has 6 nitrogen and oxygen atoms in total. The average Bonchev–Trinajstić information content (AvgIpc) is 2.96. The molecule has 1 aromatic carbocycles. The lowest BCUT2D eigenvalue weighted by Gasteiger charge is -2.15. The molecule has 2 N–H and O–H groups in total. The average molecular weight is 292 g/mol. The zero-order chi connectivity index (χ0) is 14.8. The Morgan fingerprint density at radius 3 is 2.68 bits per heavy atom. The van der Waals surface area contributed by atoms with Crippen LogP contribution in [0, 0.1) is 0 Å². The summed E-state index contributed by atoms with van der Waals surface area (Å²) < 4.78 is 1.85. The van der Waals surface area contributed by atoms with Crippen LogP contribution in [-0.4, -0.2) is 26.3 Å². The summed E-state index contributed by atoms with van der Waals surface area (Å²) in [5.41, 5.74) is 3.38. The van der Waals surface area contributed by atoms with E-state index in [0.29, 0.717) is 5.95 Å². The summed E-state index contributed by atoms with van der Waals surface area (Å²) in [6, 6.07) is 11.9. The number of nitrogens with zero attached hydrogens (tertiary/aromatic N) is 4. The van der Waals surface area contributed by atoms with Crippen molar-refractivity contribution in [2.45, 2.75) is 13.0 Å². The minimum Gasteiger partial charge on any atom is -0.338 e. The van der Waals surface area contributed by atoms with Gasteiger partial charge >= 0.3 is 0 Å². The number of benzene rings is 1. The van der Waals surface area contributed by atoms with Crippen LogP contribution in [0.5, 0.6) is 0 Å². The normalized spacial score (nSPS) is 13.6. The highest BCUT2D eigenvalue weighted by Crippen LogP contribution is 2.26. The van der Waals surface area contributed by atoms with Gasteiger partial charge in [0.15, 0.2) is 5.82 Å². The fourth-order valence-corrected chi connectivity index (χ4v) is 2.67. The minimum atomic E-state index is 0.613. The molecular weight excluding hydrogens is 276 g/mol. The lowest BCUT2D eigenvalue weighted by Crippen LogP contribution is -2.25. The molecule has 1 aliphatic heterocycles. The molecule has 0 aliphatic carbocycles. The van der Waals surface area contributed by atoms with Gasteiger partial charge in [0.1, 0.15) is 0 Å².